The van der Waals surface area contributed by atoms with Crippen LogP contribution in [0.5, 0.6) is 0 Å². The van der Waals surface area contributed by atoms with Crippen molar-refractivity contribution in [3.8, 4) is 0 Å². The fraction of sp³-hybridized carbons (Fsp3) is 0.400. The fourth-order valence-electron chi connectivity index (χ4n) is 1.53. The number of carbonyl (C=O) groups excluding carboxylic acids is 1. The first-order valence-corrected chi connectivity index (χ1v) is 7.18. The Morgan fingerprint density at radius 3 is 2.61 bits per heavy atom. The Hall–Kier alpha value is -1.06. The van der Waals surface area contributed by atoms with Gasteiger partial charge in [0, 0.05) is 16.9 Å². The van der Waals surface area contributed by atoms with E-state index in [9.17, 15) is 4.79 Å². The molecule has 0 aromatic heterocycles. The van der Waals surface area contributed by atoms with Gasteiger partial charge in [-0.3, -0.25) is 4.79 Å². The average Bonchev–Trinajstić information content (AvgIpc) is 2.39. The van der Waals surface area contributed by atoms with Gasteiger partial charge in [-0.15, -0.1) is 6.58 Å². The van der Waals surface area contributed by atoms with Crippen LogP contribution in [0.2, 0.25) is 0 Å². The average molecular weight is 263 g/mol. The molecule has 0 spiro atoms. The summed E-state index contributed by atoms with van der Waals surface area (Å²) >= 11 is 1.69. The van der Waals surface area contributed by atoms with Crippen molar-refractivity contribution in [3.05, 3.63) is 48.6 Å². The van der Waals surface area contributed by atoms with Gasteiger partial charge >= 0.3 is 0 Å². The molecule has 2 nitrogen and oxygen atoms in total. The maximum absolute atomic E-state index is 12.0. The molecule has 0 amide bonds. The van der Waals surface area contributed by atoms with Crippen LogP contribution in [0, 0.1) is 5.41 Å². The topological polar surface area (TPSA) is 43.1 Å². The second-order valence-electron chi connectivity index (χ2n) is 4.90. The van der Waals surface area contributed by atoms with Gasteiger partial charge in [0.05, 0.1) is 6.04 Å². The van der Waals surface area contributed by atoms with Gasteiger partial charge in [0.1, 0.15) is 0 Å². The number of nitrogens with two attached hydrogens (primary N) is 1. The smallest absolute Gasteiger partial charge is 0.159 e. The second kappa shape index (κ2) is 6.76. The van der Waals surface area contributed by atoms with Crippen molar-refractivity contribution in [3.63, 3.8) is 0 Å². The summed E-state index contributed by atoms with van der Waals surface area (Å²) < 4.78 is 0. The number of hydrogen-bond donors (Lipinski definition) is 1. The van der Waals surface area contributed by atoms with Gasteiger partial charge in [-0.25, -0.2) is 0 Å². The van der Waals surface area contributed by atoms with Crippen molar-refractivity contribution in [2.45, 2.75) is 25.6 Å². The van der Waals surface area contributed by atoms with Gasteiger partial charge in [0.2, 0.25) is 0 Å². The zero-order valence-electron chi connectivity index (χ0n) is 11.1. The quantitative estimate of drug-likeness (QED) is 0.769. The predicted octanol–water partition coefficient (Wildman–Crippen LogP) is 3.03. The van der Waals surface area contributed by atoms with Crippen LogP contribution in [0.3, 0.4) is 0 Å². The summed E-state index contributed by atoms with van der Waals surface area (Å²) in [7, 11) is 0. The Bertz CT molecular complexity index is 400. The van der Waals surface area contributed by atoms with Gasteiger partial charge in [-0.2, -0.15) is 11.8 Å². The molecule has 1 aromatic rings. The standard InChI is InChI=1S/C15H21NOS/c1-4-15(2,3)14(17)13(16)11-18-10-12-8-6-5-7-9-12/h4-9,13H,1,10-11,16H2,2-3H3. The molecule has 2 N–H and O–H groups in total. The van der Waals surface area contributed by atoms with E-state index in [0.29, 0.717) is 5.75 Å². The van der Waals surface area contributed by atoms with Crippen molar-refractivity contribution < 1.29 is 4.79 Å². The van der Waals surface area contributed by atoms with Crippen LogP contribution in [-0.4, -0.2) is 17.6 Å². The van der Waals surface area contributed by atoms with Crippen molar-refractivity contribution in [1.29, 1.82) is 0 Å². The molecule has 0 aliphatic rings. The Labute approximate surface area is 114 Å². The first-order chi connectivity index (χ1) is 8.47. The molecule has 1 rings (SSSR count). The van der Waals surface area contributed by atoms with Crippen molar-refractivity contribution in [2.24, 2.45) is 11.1 Å². The number of carbonyl (C=O) groups is 1. The summed E-state index contributed by atoms with van der Waals surface area (Å²) in [6.07, 6.45) is 1.66. The lowest BCUT2D eigenvalue weighted by atomic mass is 9.85. The lowest BCUT2D eigenvalue weighted by Gasteiger charge is -2.22. The van der Waals surface area contributed by atoms with E-state index in [1.165, 1.54) is 5.56 Å². The van der Waals surface area contributed by atoms with E-state index in [2.05, 4.69) is 18.7 Å². The summed E-state index contributed by atoms with van der Waals surface area (Å²) in [6.45, 7) is 7.38. The number of benzene rings is 1. The molecule has 0 aliphatic heterocycles. The molecule has 0 saturated heterocycles. The molecule has 0 aliphatic carbocycles. The van der Waals surface area contributed by atoms with Crippen LogP contribution in [0.1, 0.15) is 19.4 Å². The van der Waals surface area contributed by atoms with Crippen LogP contribution < -0.4 is 5.73 Å². The number of hydrogen-bond acceptors (Lipinski definition) is 3. The van der Waals surface area contributed by atoms with Gasteiger partial charge < -0.3 is 5.73 Å². The summed E-state index contributed by atoms with van der Waals surface area (Å²) in [6, 6.07) is 9.76. The van der Waals surface area contributed by atoms with Gasteiger partial charge in [-0.1, -0.05) is 36.4 Å². The largest absolute Gasteiger partial charge is 0.321 e. The zero-order valence-corrected chi connectivity index (χ0v) is 11.9. The predicted molar refractivity (Wildman–Crippen MR) is 79.6 cm³/mol. The van der Waals surface area contributed by atoms with E-state index >= 15 is 0 Å². The van der Waals surface area contributed by atoms with E-state index in [0.717, 1.165) is 5.75 Å². The van der Waals surface area contributed by atoms with Crippen LogP contribution in [0.15, 0.2) is 43.0 Å². The number of thioether (sulfide) groups is 1. The maximum Gasteiger partial charge on any atom is 0.159 e. The van der Waals surface area contributed by atoms with E-state index in [4.69, 9.17) is 5.73 Å². The van der Waals surface area contributed by atoms with Crippen molar-refractivity contribution in [2.75, 3.05) is 5.75 Å². The van der Waals surface area contributed by atoms with Crippen LogP contribution in [0.4, 0.5) is 0 Å². The summed E-state index contributed by atoms with van der Waals surface area (Å²) in [5.74, 6) is 1.58. The molecule has 0 saturated carbocycles. The zero-order chi connectivity index (χ0) is 13.6. The maximum atomic E-state index is 12.0. The Balaban J connectivity index is 2.40. The monoisotopic (exact) mass is 263 g/mol. The molecule has 0 radical (unpaired) electrons. The van der Waals surface area contributed by atoms with E-state index in [-0.39, 0.29) is 5.78 Å². The molecule has 0 bridgehead atoms. The van der Waals surface area contributed by atoms with Crippen molar-refractivity contribution >= 4 is 17.5 Å². The highest BCUT2D eigenvalue weighted by atomic mass is 32.2. The molecule has 1 atom stereocenters. The molecule has 0 heterocycles. The first kappa shape index (κ1) is 15.0. The molecule has 1 unspecified atom stereocenters. The van der Waals surface area contributed by atoms with Gasteiger partial charge in [0.15, 0.2) is 5.78 Å². The Morgan fingerprint density at radius 1 is 1.44 bits per heavy atom. The van der Waals surface area contributed by atoms with Gasteiger partial charge in [0.25, 0.3) is 0 Å². The third kappa shape index (κ3) is 4.31. The number of rotatable bonds is 7. The summed E-state index contributed by atoms with van der Waals surface area (Å²) in [4.78, 5) is 12.0. The Kier molecular flexibility index (Phi) is 5.63. The second-order valence-corrected chi connectivity index (χ2v) is 5.93. The minimum atomic E-state index is -0.535. The first-order valence-electron chi connectivity index (χ1n) is 6.02. The molecule has 18 heavy (non-hydrogen) atoms. The number of Topliss-reactive ketones (excluding diaryl/α,β-unsaturated/α-hetero) is 1. The normalized spacial score (nSPS) is 13.1. The van der Waals surface area contributed by atoms with Gasteiger partial charge in [-0.05, 0) is 19.4 Å². The van der Waals surface area contributed by atoms with Crippen LogP contribution >= 0.6 is 11.8 Å². The molecule has 3 heteroatoms. The van der Waals surface area contributed by atoms with Crippen LogP contribution in [0.25, 0.3) is 0 Å². The lowest BCUT2D eigenvalue weighted by Crippen LogP contribution is -2.41. The molecule has 98 valence electrons. The van der Waals surface area contributed by atoms with E-state index in [1.54, 1.807) is 17.8 Å². The highest BCUT2D eigenvalue weighted by Crippen LogP contribution is 2.21. The third-order valence-corrected chi connectivity index (χ3v) is 4.02. The van der Waals surface area contributed by atoms with Crippen LogP contribution in [-0.2, 0) is 10.5 Å². The summed E-state index contributed by atoms with van der Waals surface area (Å²) in [5, 5.41) is 0. The minimum Gasteiger partial charge on any atom is -0.321 e. The third-order valence-electron chi connectivity index (χ3n) is 2.89. The fourth-order valence-corrected chi connectivity index (χ4v) is 2.48. The highest BCUT2D eigenvalue weighted by molar-refractivity contribution is 7.98. The SMILES string of the molecule is C=CC(C)(C)C(=O)C(N)CSCc1ccccc1. The molecular weight excluding hydrogens is 242 g/mol. The molecule has 1 aromatic carbocycles. The summed E-state index contributed by atoms with van der Waals surface area (Å²) in [5.41, 5.74) is 6.64. The highest BCUT2D eigenvalue weighted by Gasteiger charge is 2.28. The minimum absolute atomic E-state index is 0.0538. The molecule has 0 fully saturated rings. The Morgan fingerprint density at radius 2 is 2.06 bits per heavy atom. The van der Waals surface area contributed by atoms with E-state index in [1.807, 2.05) is 32.0 Å². The van der Waals surface area contributed by atoms with E-state index < -0.39 is 11.5 Å². The number of allylic oxidation sites excluding steroid dienone is 1. The number of ketones is 1. The lowest BCUT2D eigenvalue weighted by molar-refractivity contribution is -0.125. The van der Waals surface area contributed by atoms with Crippen molar-refractivity contribution in [1.82, 2.24) is 0 Å². The molecular formula is C15H21NOS.